The minimum absolute atomic E-state index is 0. The van der Waals surface area contributed by atoms with Gasteiger partial charge in [0.25, 0.3) is 5.56 Å². The van der Waals surface area contributed by atoms with Crippen molar-refractivity contribution in [3.63, 3.8) is 0 Å². The van der Waals surface area contributed by atoms with Gasteiger partial charge in [0, 0.05) is 23.6 Å². The molecule has 0 saturated heterocycles. The Bertz CT molecular complexity index is 2010. The average Bonchev–Trinajstić information content (AvgIpc) is 3.67. The zero-order valence-electron chi connectivity index (χ0n) is 23.0. The van der Waals surface area contributed by atoms with Crippen molar-refractivity contribution in [1.29, 1.82) is 0 Å². The summed E-state index contributed by atoms with van der Waals surface area (Å²) in [5.41, 5.74) is 4.80. The van der Waals surface area contributed by atoms with Crippen LogP contribution < -0.4 is 16.1 Å². The summed E-state index contributed by atoms with van der Waals surface area (Å²) in [7, 11) is 1.39. The molecular weight excluding hydrogens is 578 g/mol. The summed E-state index contributed by atoms with van der Waals surface area (Å²) in [5, 5.41) is 8.27. The predicted octanol–water partition coefficient (Wildman–Crippen LogP) is 4.32. The van der Waals surface area contributed by atoms with E-state index in [-0.39, 0.29) is 62.7 Å². The van der Waals surface area contributed by atoms with Gasteiger partial charge in [-0.25, -0.2) is 18.3 Å². The van der Waals surface area contributed by atoms with Gasteiger partial charge < -0.3 is 4.74 Å². The molecular formula is C31H28FKN6O4. The van der Waals surface area contributed by atoms with Crippen LogP contribution in [0.15, 0.2) is 87.2 Å². The van der Waals surface area contributed by atoms with Crippen LogP contribution in [0.5, 0.6) is 5.75 Å². The number of rotatable bonds is 9. The third kappa shape index (κ3) is 6.06. The number of hydrogen-bond acceptors (Lipinski definition) is 7. The molecule has 0 spiro atoms. The van der Waals surface area contributed by atoms with E-state index in [1.807, 2.05) is 48.5 Å². The Morgan fingerprint density at radius 3 is 2.47 bits per heavy atom. The first-order chi connectivity index (χ1) is 20.5. The number of methoxy groups -OCH3 is 1. The molecule has 6 aromatic rings. The number of halogens is 1. The van der Waals surface area contributed by atoms with Crippen molar-refractivity contribution in [2.24, 2.45) is 0 Å². The molecule has 1 N–H and O–H groups in total. The van der Waals surface area contributed by atoms with Crippen LogP contribution in [0.4, 0.5) is 4.39 Å². The zero-order chi connectivity index (χ0) is 29.2. The van der Waals surface area contributed by atoms with E-state index in [1.165, 1.54) is 30.1 Å². The third-order valence-electron chi connectivity index (χ3n) is 7.22. The van der Waals surface area contributed by atoms with E-state index in [9.17, 15) is 14.0 Å². The Hall–Kier alpha value is -3.68. The van der Waals surface area contributed by atoms with Gasteiger partial charge in [0.1, 0.15) is 6.33 Å². The van der Waals surface area contributed by atoms with Crippen LogP contribution in [0.25, 0.3) is 34.0 Å². The summed E-state index contributed by atoms with van der Waals surface area (Å²) in [6.45, 7) is 2.09. The molecule has 0 aliphatic heterocycles. The van der Waals surface area contributed by atoms with Gasteiger partial charge >= 0.3 is 57.1 Å². The van der Waals surface area contributed by atoms with Gasteiger partial charge in [-0.1, -0.05) is 67.0 Å². The first kappa shape index (κ1) is 30.8. The van der Waals surface area contributed by atoms with Crippen molar-refractivity contribution in [3.8, 4) is 34.0 Å². The number of benzene rings is 3. The van der Waals surface area contributed by atoms with Crippen LogP contribution in [0, 0.1) is 5.82 Å². The van der Waals surface area contributed by atoms with Crippen LogP contribution in [-0.4, -0.2) is 87.8 Å². The Balaban J connectivity index is 0.00000368. The van der Waals surface area contributed by atoms with Crippen molar-refractivity contribution >= 4 is 57.2 Å². The van der Waals surface area contributed by atoms with Gasteiger partial charge in [-0.3, -0.25) is 14.3 Å². The van der Waals surface area contributed by atoms with Crippen LogP contribution in [0.3, 0.4) is 0 Å². The minimum atomic E-state index is -0.624. The second-order valence-corrected chi connectivity index (χ2v) is 9.82. The van der Waals surface area contributed by atoms with E-state index in [0.717, 1.165) is 40.8 Å². The summed E-state index contributed by atoms with van der Waals surface area (Å²) in [6, 6.07) is 19.8. The summed E-state index contributed by atoms with van der Waals surface area (Å²) >= 11 is 0. The van der Waals surface area contributed by atoms with Crippen molar-refractivity contribution in [2.45, 2.75) is 32.6 Å². The Kier molecular flexibility index (Phi) is 9.52. The second-order valence-electron chi connectivity index (χ2n) is 9.82. The Morgan fingerprint density at radius 2 is 1.79 bits per heavy atom. The molecule has 3 aromatic carbocycles. The quantitative estimate of drug-likeness (QED) is 0.243. The van der Waals surface area contributed by atoms with Crippen LogP contribution >= 0.6 is 0 Å². The molecule has 0 aliphatic carbocycles. The van der Waals surface area contributed by atoms with Gasteiger partial charge in [-0.05, 0) is 41.7 Å². The molecule has 10 nitrogen and oxygen atoms in total. The average molecular weight is 607 g/mol. The molecule has 0 atom stereocenters. The fraction of sp³-hybridized carbons (Fsp3) is 0.194. The molecule has 43 heavy (non-hydrogen) atoms. The first-order valence-corrected chi connectivity index (χ1v) is 13.5. The number of H-pyrrole nitrogens is 1. The Labute approximate surface area is 288 Å². The van der Waals surface area contributed by atoms with E-state index in [2.05, 4.69) is 27.1 Å². The fourth-order valence-electron chi connectivity index (χ4n) is 5.15. The molecule has 0 radical (unpaired) electrons. The number of aryl methyl sites for hydroxylation is 1. The Morgan fingerprint density at radius 1 is 1.02 bits per heavy atom. The summed E-state index contributed by atoms with van der Waals surface area (Å²) in [5.74, 6) is -0.460. The second kappa shape index (κ2) is 13.3. The molecule has 0 unspecified atom stereocenters. The number of hydrogen-bond donors (Lipinski definition) is 1. The molecule has 3 aromatic heterocycles. The van der Waals surface area contributed by atoms with E-state index >= 15 is 0 Å². The number of unbranched alkanes of at least 4 members (excludes halogenated alkanes) is 1. The molecule has 0 amide bonds. The molecule has 3 heterocycles. The van der Waals surface area contributed by atoms with E-state index < -0.39 is 11.6 Å². The number of ether oxygens (including phenoxy) is 1. The predicted molar refractivity (Wildman–Crippen MR) is 162 cm³/mol. The summed E-state index contributed by atoms with van der Waals surface area (Å²) in [6.07, 6.45) is 4.18. The maximum atomic E-state index is 14.7. The maximum absolute atomic E-state index is 14.7. The molecule has 0 saturated carbocycles. The van der Waals surface area contributed by atoms with E-state index in [4.69, 9.17) is 9.26 Å². The van der Waals surface area contributed by atoms with Crippen LogP contribution in [0.1, 0.15) is 36.6 Å². The molecule has 6 rings (SSSR count). The molecule has 0 bridgehead atoms. The van der Waals surface area contributed by atoms with Crippen molar-refractivity contribution in [1.82, 2.24) is 29.3 Å². The third-order valence-corrected chi connectivity index (χ3v) is 7.22. The van der Waals surface area contributed by atoms with Crippen molar-refractivity contribution in [2.75, 3.05) is 7.11 Å². The van der Waals surface area contributed by atoms with Gasteiger partial charge in [-0.15, -0.1) is 0 Å². The topological polar surface area (TPSA) is 120 Å². The number of nitrogens with one attached hydrogen (secondary N) is 1. The number of nitrogens with zero attached hydrogens (tertiary/aromatic N) is 5. The normalized spacial score (nSPS) is 11.0. The number of fused-ring (bicyclic) bond motifs is 1. The van der Waals surface area contributed by atoms with Crippen molar-refractivity contribution < 1.29 is 13.7 Å². The number of aromatic nitrogens is 6. The molecule has 12 heteroatoms. The SMILES string of the molecule is CCCCc1c(Cc2ccc(-c3ccccc3-c3noc(=O)[nH]3)cc2)c(=O)n(-c2ccc(OC)c(F)c2)c2ncnn12.[KH]. The van der Waals surface area contributed by atoms with E-state index in [0.29, 0.717) is 35.7 Å². The first-order valence-electron chi connectivity index (χ1n) is 13.5. The summed E-state index contributed by atoms with van der Waals surface area (Å²) in [4.78, 5) is 32.6. The number of aromatic amines is 1. The zero-order valence-corrected chi connectivity index (χ0v) is 23.0. The standard InChI is InChI=1S/C31H27FN6O4.K.H/c1-3-4-9-26-24(29(39)37(30-33-18-34-38(26)30)21-14-15-27(41-2)25(32)17-21)16-19-10-12-20(13-11-19)22-7-5-6-8-23(22)28-35-31(40)42-36-28;;/h5-8,10-15,17-18H,3-4,9,16H2,1-2H3,(H,35,36,40);;. The monoisotopic (exact) mass is 606 g/mol. The van der Waals surface area contributed by atoms with Gasteiger partial charge in [0.05, 0.1) is 18.5 Å². The van der Waals surface area contributed by atoms with Gasteiger partial charge in [0.2, 0.25) is 5.78 Å². The summed E-state index contributed by atoms with van der Waals surface area (Å²) < 4.78 is 27.5. The van der Waals surface area contributed by atoms with Gasteiger partial charge in [0.15, 0.2) is 17.4 Å². The van der Waals surface area contributed by atoms with Crippen LogP contribution in [-0.2, 0) is 12.8 Å². The molecule has 0 aliphatic rings. The fourth-order valence-corrected chi connectivity index (χ4v) is 5.15. The van der Waals surface area contributed by atoms with Crippen LogP contribution in [0.2, 0.25) is 0 Å². The van der Waals surface area contributed by atoms with Crippen molar-refractivity contribution in [3.05, 3.63) is 117 Å². The molecule has 214 valence electrons. The molecule has 0 fully saturated rings. The van der Waals surface area contributed by atoms with Gasteiger partial charge in [-0.2, -0.15) is 10.1 Å². The van der Waals surface area contributed by atoms with E-state index in [1.54, 1.807) is 10.6 Å².